The van der Waals surface area contributed by atoms with Crippen LogP contribution in [0.15, 0.2) is 10.4 Å². The fourth-order valence-corrected chi connectivity index (χ4v) is 3.58. The highest BCUT2D eigenvalue weighted by Gasteiger charge is 2.15. The molecular weight excluding hydrogens is 306 g/mol. The summed E-state index contributed by atoms with van der Waals surface area (Å²) in [6, 6.07) is 0. The van der Waals surface area contributed by atoms with E-state index >= 15 is 0 Å². The minimum atomic E-state index is 0.878. The number of unbranched alkanes of at least 4 members (excludes halogenated alkanes) is 2. The number of guanidine groups is 1. The summed E-state index contributed by atoms with van der Waals surface area (Å²) in [5.74, 6) is 0.929. The van der Waals surface area contributed by atoms with Gasteiger partial charge in [-0.25, -0.2) is 4.98 Å². The lowest BCUT2D eigenvalue weighted by atomic mass is 10.2. The zero-order valence-corrected chi connectivity index (χ0v) is 15.4. The van der Waals surface area contributed by atoms with Gasteiger partial charge in [0.25, 0.3) is 0 Å². The summed E-state index contributed by atoms with van der Waals surface area (Å²) in [7, 11) is 0. The predicted molar refractivity (Wildman–Crippen MR) is 101 cm³/mol. The molecule has 0 atom stereocenters. The standard InChI is InChI=1S/C17H31N5S/c1-3-5-6-10-19-16(18-4-2)20-11-9-15-14-23-17(21-15)22-12-7-8-13-22/h14H,3-13H2,1-2H3,(H2,18,19,20). The molecule has 0 radical (unpaired) electrons. The number of anilines is 1. The number of nitrogens with zero attached hydrogens (tertiary/aromatic N) is 3. The maximum atomic E-state index is 4.77. The van der Waals surface area contributed by atoms with Crippen molar-refractivity contribution < 1.29 is 0 Å². The highest BCUT2D eigenvalue weighted by Crippen LogP contribution is 2.24. The van der Waals surface area contributed by atoms with Crippen molar-refractivity contribution in [2.75, 3.05) is 37.6 Å². The first-order chi connectivity index (χ1) is 11.3. The SMILES string of the molecule is CCCCCN=C(NCC)NCCc1csc(N2CCCC2)n1. The first-order valence-electron chi connectivity index (χ1n) is 9.05. The number of hydrogen-bond acceptors (Lipinski definition) is 4. The minimum absolute atomic E-state index is 0.878. The molecule has 23 heavy (non-hydrogen) atoms. The number of rotatable bonds is 9. The van der Waals surface area contributed by atoms with Crippen LogP contribution in [-0.2, 0) is 6.42 Å². The minimum Gasteiger partial charge on any atom is -0.357 e. The quantitative estimate of drug-likeness (QED) is 0.413. The van der Waals surface area contributed by atoms with Gasteiger partial charge < -0.3 is 15.5 Å². The highest BCUT2D eigenvalue weighted by molar-refractivity contribution is 7.13. The molecule has 0 aliphatic carbocycles. The summed E-state index contributed by atoms with van der Waals surface area (Å²) in [5.41, 5.74) is 1.19. The molecule has 2 N–H and O–H groups in total. The maximum absolute atomic E-state index is 4.77. The van der Waals surface area contributed by atoms with Crippen LogP contribution >= 0.6 is 11.3 Å². The van der Waals surface area contributed by atoms with Gasteiger partial charge in [-0.2, -0.15) is 0 Å². The maximum Gasteiger partial charge on any atom is 0.191 e. The third-order valence-corrected chi connectivity index (χ3v) is 4.92. The molecule has 1 saturated heterocycles. The summed E-state index contributed by atoms with van der Waals surface area (Å²) < 4.78 is 0. The Kier molecular flexibility index (Phi) is 8.21. The van der Waals surface area contributed by atoms with E-state index in [2.05, 4.69) is 39.8 Å². The van der Waals surface area contributed by atoms with Crippen LogP contribution in [0.3, 0.4) is 0 Å². The predicted octanol–water partition coefficient (Wildman–Crippen LogP) is 3.03. The van der Waals surface area contributed by atoms with Crippen LogP contribution in [0.1, 0.15) is 51.6 Å². The lowest BCUT2D eigenvalue weighted by Gasteiger charge is -2.12. The number of aliphatic imine (C=N–C) groups is 1. The molecule has 1 aliphatic rings. The van der Waals surface area contributed by atoms with Gasteiger partial charge in [0.05, 0.1) is 5.69 Å². The molecule has 130 valence electrons. The van der Waals surface area contributed by atoms with Gasteiger partial charge in [0.2, 0.25) is 0 Å². The van der Waals surface area contributed by atoms with Gasteiger partial charge in [-0.3, -0.25) is 4.99 Å². The zero-order valence-electron chi connectivity index (χ0n) is 14.6. The molecule has 1 aromatic heterocycles. The van der Waals surface area contributed by atoms with E-state index in [1.54, 1.807) is 11.3 Å². The van der Waals surface area contributed by atoms with Crippen LogP contribution in [0.2, 0.25) is 0 Å². The Bertz CT molecular complexity index is 465. The second kappa shape index (κ2) is 10.5. The lowest BCUT2D eigenvalue weighted by molar-refractivity contribution is 0.716. The van der Waals surface area contributed by atoms with E-state index in [9.17, 15) is 0 Å². The van der Waals surface area contributed by atoms with Gasteiger partial charge >= 0.3 is 0 Å². The third-order valence-electron chi connectivity index (χ3n) is 3.97. The molecule has 0 spiro atoms. The van der Waals surface area contributed by atoms with Gasteiger partial charge in [-0.15, -0.1) is 11.3 Å². The number of nitrogens with one attached hydrogen (secondary N) is 2. The van der Waals surface area contributed by atoms with Crippen LogP contribution in [-0.4, -0.2) is 43.7 Å². The van der Waals surface area contributed by atoms with Crippen molar-refractivity contribution in [2.45, 2.75) is 52.4 Å². The van der Waals surface area contributed by atoms with Crippen molar-refractivity contribution in [3.05, 3.63) is 11.1 Å². The number of thiazole rings is 1. The van der Waals surface area contributed by atoms with Crippen LogP contribution in [0.25, 0.3) is 0 Å². The smallest absolute Gasteiger partial charge is 0.191 e. The summed E-state index contributed by atoms with van der Waals surface area (Å²) in [6.07, 6.45) is 7.21. The largest absolute Gasteiger partial charge is 0.357 e. The van der Waals surface area contributed by atoms with Gasteiger partial charge in [0.1, 0.15) is 0 Å². The molecule has 1 fully saturated rings. The molecule has 0 unspecified atom stereocenters. The Morgan fingerprint density at radius 1 is 1.26 bits per heavy atom. The first-order valence-corrected chi connectivity index (χ1v) is 9.93. The molecular formula is C17H31N5S. The van der Waals surface area contributed by atoms with E-state index in [0.29, 0.717) is 0 Å². The third kappa shape index (κ3) is 6.37. The van der Waals surface area contributed by atoms with E-state index < -0.39 is 0 Å². The van der Waals surface area contributed by atoms with Crippen molar-refractivity contribution in [2.24, 2.45) is 4.99 Å². The summed E-state index contributed by atoms with van der Waals surface area (Å²) in [5, 5.41) is 10.1. The summed E-state index contributed by atoms with van der Waals surface area (Å²) >= 11 is 1.78. The molecule has 2 heterocycles. The molecule has 6 heteroatoms. The van der Waals surface area contributed by atoms with Crippen LogP contribution < -0.4 is 15.5 Å². The number of aromatic nitrogens is 1. The van der Waals surface area contributed by atoms with Crippen molar-refractivity contribution in [3.63, 3.8) is 0 Å². The van der Waals surface area contributed by atoms with E-state index in [0.717, 1.165) is 32.0 Å². The molecule has 0 bridgehead atoms. The normalized spacial score (nSPS) is 15.2. The fraction of sp³-hybridized carbons (Fsp3) is 0.765. The average Bonchev–Trinajstić information content (AvgIpc) is 3.22. The summed E-state index contributed by atoms with van der Waals surface area (Å²) in [6.45, 7) is 9.33. The zero-order chi connectivity index (χ0) is 16.3. The Morgan fingerprint density at radius 2 is 2.09 bits per heavy atom. The Hall–Kier alpha value is -1.30. The molecule has 2 rings (SSSR count). The van der Waals surface area contributed by atoms with Gasteiger partial charge in [-0.05, 0) is 26.2 Å². The van der Waals surface area contributed by atoms with Gasteiger partial charge in [0.15, 0.2) is 11.1 Å². The van der Waals surface area contributed by atoms with Crippen LogP contribution in [0.4, 0.5) is 5.13 Å². The van der Waals surface area contributed by atoms with Crippen molar-refractivity contribution in [1.82, 2.24) is 15.6 Å². The molecule has 1 aromatic rings. The molecule has 0 saturated carbocycles. The second-order valence-corrected chi connectivity index (χ2v) is 6.80. The van der Waals surface area contributed by atoms with E-state index in [1.165, 1.54) is 56.0 Å². The van der Waals surface area contributed by atoms with Gasteiger partial charge in [0, 0.05) is 44.5 Å². The highest BCUT2D eigenvalue weighted by atomic mass is 32.1. The van der Waals surface area contributed by atoms with Crippen molar-refractivity contribution in [1.29, 1.82) is 0 Å². The van der Waals surface area contributed by atoms with E-state index in [4.69, 9.17) is 4.98 Å². The van der Waals surface area contributed by atoms with Crippen LogP contribution in [0.5, 0.6) is 0 Å². The Morgan fingerprint density at radius 3 is 2.83 bits per heavy atom. The average molecular weight is 338 g/mol. The number of hydrogen-bond donors (Lipinski definition) is 2. The van der Waals surface area contributed by atoms with E-state index in [-0.39, 0.29) is 0 Å². The molecule has 1 aliphatic heterocycles. The van der Waals surface area contributed by atoms with Crippen molar-refractivity contribution >= 4 is 22.4 Å². The van der Waals surface area contributed by atoms with Crippen molar-refractivity contribution in [3.8, 4) is 0 Å². The first kappa shape index (κ1) is 18.0. The molecule has 5 nitrogen and oxygen atoms in total. The lowest BCUT2D eigenvalue weighted by Crippen LogP contribution is -2.38. The van der Waals surface area contributed by atoms with Crippen LogP contribution in [0, 0.1) is 0 Å². The monoisotopic (exact) mass is 337 g/mol. The molecule has 0 amide bonds. The second-order valence-electron chi connectivity index (χ2n) is 5.96. The fourth-order valence-electron chi connectivity index (χ4n) is 2.67. The van der Waals surface area contributed by atoms with Gasteiger partial charge in [-0.1, -0.05) is 19.8 Å². The topological polar surface area (TPSA) is 52.6 Å². The van der Waals surface area contributed by atoms with E-state index in [1.807, 2.05) is 0 Å². The molecule has 0 aromatic carbocycles. The Labute approximate surface area is 144 Å². The Balaban J connectivity index is 1.73. The summed E-state index contributed by atoms with van der Waals surface area (Å²) in [4.78, 5) is 11.8.